The zero-order valence-corrected chi connectivity index (χ0v) is 21.0. The summed E-state index contributed by atoms with van der Waals surface area (Å²) in [6, 6.07) is 14.8. The molecule has 0 aliphatic rings. The van der Waals surface area contributed by atoms with Gasteiger partial charge in [0.2, 0.25) is 5.91 Å². The fraction of sp³-hybridized carbons (Fsp3) is 0.423. The van der Waals surface area contributed by atoms with Gasteiger partial charge < -0.3 is 25.4 Å². The quantitative estimate of drug-likeness (QED) is 0.406. The number of hydrogen-bond acceptors (Lipinski definition) is 6. The van der Waals surface area contributed by atoms with Crippen LogP contribution in [-0.4, -0.2) is 52.3 Å². The van der Waals surface area contributed by atoms with Crippen molar-refractivity contribution in [3.05, 3.63) is 65.4 Å². The highest BCUT2D eigenvalue weighted by Crippen LogP contribution is 2.27. The molecule has 0 fully saturated rings. The van der Waals surface area contributed by atoms with Gasteiger partial charge in [0.25, 0.3) is 0 Å². The second-order valence-electron chi connectivity index (χ2n) is 9.46. The van der Waals surface area contributed by atoms with Gasteiger partial charge in [-0.3, -0.25) is 9.89 Å². The van der Waals surface area contributed by atoms with Gasteiger partial charge in [-0.1, -0.05) is 42.5 Å². The zero-order chi connectivity index (χ0) is 25.6. The number of aromatic nitrogens is 2. The number of rotatable bonds is 10. The van der Waals surface area contributed by atoms with Gasteiger partial charge in [-0.05, 0) is 39.3 Å². The Bertz CT molecular complexity index is 1140. The average molecular weight is 482 g/mol. The van der Waals surface area contributed by atoms with Crippen molar-refractivity contribution in [2.45, 2.75) is 58.5 Å². The van der Waals surface area contributed by atoms with E-state index in [2.05, 4.69) is 15.5 Å². The molecule has 0 saturated carbocycles. The van der Waals surface area contributed by atoms with Gasteiger partial charge in [-0.15, -0.1) is 0 Å². The van der Waals surface area contributed by atoms with E-state index >= 15 is 0 Å². The Kier molecular flexibility index (Phi) is 8.48. The maximum Gasteiger partial charge on any atom is 0.410 e. The Morgan fingerprint density at radius 2 is 1.83 bits per heavy atom. The molecule has 9 nitrogen and oxygen atoms in total. The fourth-order valence-corrected chi connectivity index (χ4v) is 3.40. The molecule has 1 heterocycles. The van der Waals surface area contributed by atoms with Crippen LogP contribution in [0.5, 0.6) is 0 Å². The number of amides is 2. The number of nitrogens with zero attached hydrogens (tertiary/aromatic N) is 2. The number of nitrogens with one attached hydrogen (secondary N) is 2. The summed E-state index contributed by atoms with van der Waals surface area (Å²) in [5.74, 6) is -0.323. The molecule has 1 atom stereocenters. The van der Waals surface area contributed by atoms with Crippen LogP contribution in [0.2, 0.25) is 0 Å². The van der Waals surface area contributed by atoms with Gasteiger partial charge in [-0.2, -0.15) is 5.10 Å². The molecule has 0 saturated heterocycles. The molecular weight excluding hydrogens is 446 g/mol. The first-order valence-corrected chi connectivity index (χ1v) is 11.6. The summed E-state index contributed by atoms with van der Waals surface area (Å²) in [5, 5.41) is 11.2. The summed E-state index contributed by atoms with van der Waals surface area (Å²) in [6.07, 6.45) is -0.414. The lowest BCUT2D eigenvalue weighted by Crippen LogP contribution is -2.50. The first-order valence-electron chi connectivity index (χ1n) is 11.6. The topological polar surface area (TPSA) is 123 Å². The molecule has 3 aromatic rings. The molecule has 9 heteroatoms. The van der Waals surface area contributed by atoms with Crippen molar-refractivity contribution >= 4 is 22.9 Å². The van der Waals surface area contributed by atoms with E-state index in [-0.39, 0.29) is 25.2 Å². The molecule has 0 spiro atoms. The molecule has 4 N–H and O–H groups in total. The van der Waals surface area contributed by atoms with E-state index in [0.717, 1.165) is 16.5 Å². The van der Waals surface area contributed by atoms with Crippen LogP contribution >= 0.6 is 0 Å². The van der Waals surface area contributed by atoms with Crippen molar-refractivity contribution in [1.29, 1.82) is 0 Å². The summed E-state index contributed by atoms with van der Waals surface area (Å²) in [5.41, 5.74) is 8.11. The van der Waals surface area contributed by atoms with Crippen molar-refractivity contribution in [3.8, 4) is 0 Å². The molecule has 0 bridgehead atoms. The SMILES string of the molecule is CC(C)N(C)C(=O)OCc1cccc2n[nH]c([C@@H](COCc3ccccc3)NC(=O)C(C)(C)N)c12. The molecule has 3 rings (SSSR count). The van der Waals surface area contributed by atoms with Crippen LogP contribution in [0.15, 0.2) is 48.5 Å². The normalized spacial score (nSPS) is 12.5. The Balaban J connectivity index is 1.87. The van der Waals surface area contributed by atoms with E-state index in [1.165, 1.54) is 4.90 Å². The van der Waals surface area contributed by atoms with Gasteiger partial charge >= 0.3 is 6.09 Å². The highest BCUT2D eigenvalue weighted by atomic mass is 16.6. The Labute approximate surface area is 206 Å². The number of benzene rings is 2. The van der Waals surface area contributed by atoms with Crippen molar-refractivity contribution in [1.82, 2.24) is 20.4 Å². The molecule has 1 aromatic heterocycles. The highest BCUT2D eigenvalue weighted by Gasteiger charge is 2.28. The maximum absolute atomic E-state index is 12.8. The summed E-state index contributed by atoms with van der Waals surface area (Å²) in [7, 11) is 1.70. The zero-order valence-electron chi connectivity index (χ0n) is 21.0. The van der Waals surface area contributed by atoms with E-state index in [4.69, 9.17) is 15.2 Å². The van der Waals surface area contributed by atoms with Crippen molar-refractivity contribution in [2.75, 3.05) is 13.7 Å². The standard InChI is InChI=1S/C26H35N5O4/c1-17(2)31(5)25(33)35-15-19-12-9-13-20-22(19)23(30-29-20)21(28-24(32)26(3,4)27)16-34-14-18-10-7-6-8-11-18/h6-13,17,21H,14-16,27H2,1-5H3,(H,28,32)(H,29,30)/t21-/m1/s1. The van der Waals surface area contributed by atoms with E-state index in [1.807, 2.05) is 62.4 Å². The van der Waals surface area contributed by atoms with Crippen LogP contribution in [0.1, 0.15) is 50.6 Å². The highest BCUT2D eigenvalue weighted by molar-refractivity contribution is 5.88. The molecule has 0 radical (unpaired) electrons. The molecular formula is C26H35N5O4. The van der Waals surface area contributed by atoms with Crippen LogP contribution < -0.4 is 11.1 Å². The molecule has 0 unspecified atom stereocenters. The first-order chi connectivity index (χ1) is 16.6. The summed E-state index contributed by atoms with van der Waals surface area (Å²) >= 11 is 0. The van der Waals surface area contributed by atoms with Crippen molar-refractivity contribution < 1.29 is 19.1 Å². The number of carbonyl (C=O) groups excluding carboxylic acids is 2. The minimum Gasteiger partial charge on any atom is -0.445 e. The van der Waals surface area contributed by atoms with Crippen LogP contribution in [0.25, 0.3) is 10.9 Å². The number of carbonyl (C=O) groups is 2. The van der Waals surface area contributed by atoms with Crippen molar-refractivity contribution in [3.63, 3.8) is 0 Å². The predicted octanol–water partition coefficient (Wildman–Crippen LogP) is 3.65. The summed E-state index contributed by atoms with van der Waals surface area (Å²) < 4.78 is 11.5. The largest absolute Gasteiger partial charge is 0.445 e. The second-order valence-corrected chi connectivity index (χ2v) is 9.46. The van der Waals surface area contributed by atoms with E-state index in [9.17, 15) is 9.59 Å². The van der Waals surface area contributed by atoms with E-state index in [1.54, 1.807) is 20.9 Å². The monoisotopic (exact) mass is 481 g/mol. The number of H-pyrrole nitrogens is 1. The maximum atomic E-state index is 12.8. The van der Waals surface area contributed by atoms with Gasteiger partial charge in [-0.25, -0.2) is 4.79 Å². The van der Waals surface area contributed by atoms with E-state index < -0.39 is 17.7 Å². The van der Waals surface area contributed by atoms with E-state index in [0.29, 0.717) is 17.8 Å². The van der Waals surface area contributed by atoms with Gasteiger partial charge in [0.05, 0.1) is 36.0 Å². The fourth-order valence-electron chi connectivity index (χ4n) is 3.40. The number of aromatic amines is 1. The van der Waals surface area contributed by atoms with Gasteiger partial charge in [0.1, 0.15) is 6.61 Å². The lowest BCUT2D eigenvalue weighted by atomic mass is 10.0. The van der Waals surface area contributed by atoms with Crippen molar-refractivity contribution in [2.24, 2.45) is 5.73 Å². The van der Waals surface area contributed by atoms with Gasteiger partial charge in [0, 0.05) is 24.0 Å². The number of ether oxygens (including phenoxy) is 2. The lowest BCUT2D eigenvalue weighted by Gasteiger charge is -2.24. The third-order valence-corrected chi connectivity index (χ3v) is 5.74. The molecule has 2 aromatic carbocycles. The van der Waals surface area contributed by atoms with Crippen LogP contribution in [0.4, 0.5) is 4.79 Å². The third-order valence-electron chi connectivity index (χ3n) is 5.74. The molecule has 2 amide bonds. The summed E-state index contributed by atoms with van der Waals surface area (Å²) in [6.45, 7) is 7.76. The molecule has 188 valence electrons. The predicted molar refractivity (Wildman–Crippen MR) is 134 cm³/mol. The Hall–Kier alpha value is -3.43. The molecule has 35 heavy (non-hydrogen) atoms. The lowest BCUT2D eigenvalue weighted by molar-refractivity contribution is -0.126. The minimum absolute atomic E-state index is 0.0174. The minimum atomic E-state index is -1.08. The smallest absolute Gasteiger partial charge is 0.410 e. The Morgan fingerprint density at radius 1 is 1.11 bits per heavy atom. The van der Waals surface area contributed by atoms with Crippen LogP contribution in [0.3, 0.4) is 0 Å². The molecule has 0 aliphatic carbocycles. The number of hydrogen-bond donors (Lipinski definition) is 3. The second kappa shape index (κ2) is 11.3. The first kappa shape index (κ1) is 26.2. The summed E-state index contributed by atoms with van der Waals surface area (Å²) in [4.78, 5) is 26.7. The third kappa shape index (κ3) is 6.80. The molecule has 0 aliphatic heterocycles. The van der Waals surface area contributed by atoms with Crippen LogP contribution in [-0.2, 0) is 27.5 Å². The number of fused-ring (bicyclic) bond motifs is 1. The average Bonchev–Trinajstić information content (AvgIpc) is 3.26. The van der Waals surface area contributed by atoms with Crippen LogP contribution in [0, 0.1) is 0 Å². The Morgan fingerprint density at radius 3 is 2.49 bits per heavy atom. The number of nitrogens with two attached hydrogens (primary N) is 1. The van der Waals surface area contributed by atoms with Gasteiger partial charge in [0.15, 0.2) is 0 Å².